The molecule has 1 aromatic carbocycles. The monoisotopic (exact) mass is 410 g/mol. The Morgan fingerprint density at radius 1 is 1.22 bits per heavy atom. The maximum absolute atomic E-state index is 14.0. The maximum Gasteiger partial charge on any atom is 0.303 e. The SMILES string of the molecule is CCc1ccsc1N(Cc1nc2ccc(F)c(F)c2s1)C(=O)CCC(=O)O. The molecular formula is C18H16F2N2O3S2. The minimum absolute atomic E-state index is 0.0758. The Bertz CT molecular complexity index is 1000. The van der Waals surface area contributed by atoms with Crippen LogP contribution in [-0.2, 0) is 22.6 Å². The van der Waals surface area contributed by atoms with Crippen LogP contribution in [0.1, 0.15) is 30.3 Å². The summed E-state index contributed by atoms with van der Waals surface area (Å²) in [4.78, 5) is 29.3. The molecule has 0 spiro atoms. The smallest absolute Gasteiger partial charge is 0.303 e. The molecule has 3 aromatic rings. The van der Waals surface area contributed by atoms with Crippen molar-refractivity contribution in [1.29, 1.82) is 0 Å². The summed E-state index contributed by atoms with van der Waals surface area (Å²) in [5.41, 5.74) is 1.29. The number of fused-ring (bicyclic) bond motifs is 1. The average Bonchev–Trinajstić information content (AvgIpc) is 3.27. The van der Waals surface area contributed by atoms with Crippen molar-refractivity contribution in [2.45, 2.75) is 32.7 Å². The zero-order valence-corrected chi connectivity index (χ0v) is 16.0. The highest BCUT2D eigenvalue weighted by Gasteiger charge is 2.23. The predicted octanol–water partition coefficient (Wildman–Crippen LogP) is 4.60. The highest BCUT2D eigenvalue weighted by Crippen LogP contribution is 2.33. The molecule has 9 heteroatoms. The Labute approximate surface area is 161 Å². The van der Waals surface area contributed by atoms with Crippen LogP contribution in [0.25, 0.3) is 10.2 Å². The van der Waals surface area contributed by atoms with Gasteiger partial charge in [-0.15, -0.1) is 22.7 Å². The fraction of sp³-hybridized carbons (Fsp3) is 0.278. The molecule has 1 N–H and O–H groups in total. The van der Waals surface area contributed by atoms with Crippen LogP contribution in [0.3, 0.4) is 0 Å². The third-order valence-corrected chi connectivity index (χ3v) is 6.02. The summed E-state index contributed by atoms with van der Waals surface area (Å²) in [6.07, 6.45) is 0.285. The molecule has 2 aromatic heterocycles. The largest absolute Gasteiger partial charge is 0.481 e. The van der Waals surface area contributed by atoms with E-state index in [9.17, 15) is 18.4 Å². The molecule has 1 amide bonds. The van der Waals surface area contributed by atoms with Gasteiger partial charge >= 0.3 is 5.97 Å². The van der Waals surface area contributed by atoms with E-state index in [1.165, 1.54) is 22.3 Å². The average molecular weight is 410 g/mol. The number of aliphatic carboxylic acids is 1. The van der Waals surface area contributed by atoms with E-state index in [1.807, 2.05) is 18.4 Å². The van der Waals surface area contributed by atoms with Crippen LogP contribution < -0.4 is 4.90 Å². The molecule has 0 radical (unpaired) electrons. The third kappa shape index (κ3) is 4.14. The fourth-order valence-electron chi connectivity index (χ4n) is 2.64. The number of aromatic nitrogens is 1. The van der Waals surface area contributed by atoms with E-state index in [2.05, 4.69) is 4.98 Å². The molecule has 0 unspecified atom stereocenters. The number of carbonyl (C=O) groups is 2. The van der Waals surface area contributed by atoms with E-state index in [0.29, 0.717) is 16.9 Å². The van der Waals surface area contributed by atoms with Crippen LogP contribution in [0.15, 0.2) is 23.6 Å². The summed E-state index contributed by atoms with van der Waals surface area (Å²) in [5.74, 6) is -3.30. The molecule has 3 rings (SSSR count). The summed E-state index contributed by atoms with van der Waals surface area (Å²) in [7, 11) is 0. The molecule has 27 heavy (non-hydrogen) atoms. The number of hydrogen-bond acceptors (Lipinski definition) is 5. The number of aryl methyl sites for hydroxylation is 1. The van der Waals surface area contributed by atoms with Gasteiger partial charge in [-0.3, -0.25) is 14.5 Å². The Morgan fingerprint density at radius 2 is 2.00 bits per heavy atom. The number of benzene rings is 1. The molecule has 142 valence electrons. The number of thiazole rings is 1. The lowest BCUT2D eigenvalue weighted by molar-refractivity contribution is -0.138. The highest BCUT2D eigenvalue weighted by atomic mass is 32.1. The van der Waals surface area contributed by atoms with Crippen LogP contribution in [-0.4, -0.2) is 22.0 Å². The molecule has 0 atom stereocenters. The zero-order valence-electron chi connectivity index (χ0n) is 14.4. The summed E-state index contributed by atoms with van der Waals surface area (Å²) in [6, 6.07) is 4.32. The second-order valence-corrected chi connectivity index (χ2v) is 7.77. The lowest BCUT2D eigenvalue weighted by Crippen LogP contribution is -2.30. The topological polar surface area (TPSA) is 70.5 Å². The second-order valence-electron chi connectivity index (χ2n) is 5.80. The second kappa shape index (κ2) is 8.10. The van der Waals surface area contributed by atoms with Crippen molar-refractivity contribution < 1.29 is 23.5 Å². The molecule has 0 saturated carbocycles. The minimum atomic E-state index is -1.05. The van der Waals surface area contributed by atoms with Gasteiger partial charge in [0.15, 0.2) is 11.6 Å². The number of carboxylic acid groups (broad SMARTS) is 1. The van der Waals surface area contributed by atoms with Crippen molar-refractivity contribution in [3.63, 3.8) is 0 Å². The normalized spacial score (nSPS) is 11.1. The van der Waals surface area contributed by atoms with E-state index in [4.69, 9.17) is 5.11 Å². The molecule has 0 fully saturated rings. The predicted molar refractivity (Wildman–Crippen MR) is 101 cm³/mol. The number of halogens is 2. The molecule has 5 nitrogen and oxygen atoms in total. The van der Waals surface area contributed by atoms with Crippen LogP contribution in [0.4, 0.5) is 13.8 Å². The molecule has 0 saturated heterocycles. The van der Waals surface area contributed by atoms with E-state index in [0.717, 1.165) is 28.0 Å². The lowest BCUT2D eigenvalue weighted by Gasteiger charge is -2.21. The molecule has 0 bridgehead atoms. The quantitative estimate of drug-likeness (QED) is 0.618. The number of rotatable bonds is 7. The number of amides is 1. The van der Waals surface area contributed by atoms with Gasteiger partial charge in [-0.05, 0) is 35.6 Å². The highest BCUT2D eigenvalue weighted by molar-refractivity contribution is 7.18. The number of carboxylic acids is 1. The van der Waals surface area contributed by atoms with Crippen LogP contribution >= 0.6 is 22.7 Å². The number of carbonyl (C=O) groups excluding carboxylic acids is 1. The van der Waals surface area contributed by atoms with Crippen molar-refractivity contribution in [1.82, 2.24) is 4.98 Å². The fourth-order valence-corrected chi connectivity index (χ4v) is 4.64. The van der Waals surface area contributed by atoms with Gasteiger partial charge in [0.2, 0.25) is 5.91 Å². The van der Waals surface area contributed by atoms with Gasteiger partial charge in [0.25, 0.3) is 0 Å². The minimum Gasteiger partial charge on any atom is -0.481 e. The third-order valence-electron chi connectivity index (χ3n) is 3.99. The summed E-state index contributed by atoms with van der Waals surface area (Å²) in [6.45, 7) is 2.04. The van der Waals surface area contributed by atoms with Crippen molar-refractivity contribution in [2.75, 3.05) is 4.90 Å². The van der Waals surface area contributed by atoms with E-state index in [1.54, 1.807) is 0 Å². The summed E-state index contributed by atoms with van der Waals surface area (Å²) < 4.78 is 27.5. The molecule has 0 aliphatic carbocycles. The van der Waals surface area contributed by atoms with Crippen LogP contribution in [0, 0.1) is 11.6 Å². The first-order chi connectivity index (χ1) is 12.9. The summed E-state index contributed by atoms with van der Waals surface area (Å²) >= 11 is 2.36. The molecule has 2 heterocycles. The lowest BCUT2D eigenvalue weighted by atomic mass is 10.2. The van der Waals surface area contributed by atoms with Gasteiger partial charge in [0.05, 0.1) is 23.2 Å². The van der Waals surface area contributed by atoms with E-state index < -0.39 is 17.6 Å². The van der Waals surface area contributed by atoms with Crippen molar-refractivity contribution in [2.24, 2.45) is 0 Å². The van der Waals surface area contributed by atoms with Crippen LogP contribution in [0.5, 0.6) is 0 Å². The molecule has 0 aliphatic heterocycles. The molecule has 0 aliphatic rings. The zero-order chi connectivity index (χ0) is 19.6. The van der Waals surface area contributed by atoms with Gasteiger partial charge in [0, 0.05) is 6.42 Å². The van der Waals surface area contributed by atoms with Crippen molar-refractivity contribution >= 4 is 49.8 Å². The molecular weight excluding hydrogens is 394 g/mol. The maximum atomic E-state index is 14.0. The Balaban J connectivity index is 1.94. The van der Waals surface area contributed by atoms with Gasteiger partial charge in [-0.25, -0.2) is 13.8 Å². The van der Waals surface area contributed by atoms with E-state index >= 15 is 0 Å². The van der Waals surface area contributed by atoms with Gasteiger partial charge in [0.1, 0.15) is 10.0 Å². The number of anilines is 1. The Kier molecular flexibility index (Phi) is 5.81. The van der Waals surface area contributed by atoms with Crippen LogP contribution in [0.2, 0.25) is 0 Å². The van der Waals surface area contributed by atoms with E-state index in [-0.39, 0.29) is 30.0 Å². The first-order valence-corrected chi connectivity index (χ1v) is 9.92. The van der Waals surface area contributed by atoms with Gasteiger partial charge in [-0.2, -0.15) is 0 Å². The van der Waals surface area contributed by atoms with Gasteiger partial charge < -0.3 is 5.11 Å². The number of hydrogen-bond donors (Lipinski definition) is 1. The van der Waals surface area contributed by atoms with Gasteiger partial charge in [-0.1, -0.05) is 6.92 Å². The van der Waals surface area contributed by atoms with Crippen molar-refractivity contribution in [3.8, 4) is 0 Å². The van der Waals surface area contributed by atoms with Crippen molar-refractivity contribution in [3.05, 3.63) is 45.8 Å². The summed E-state index contributed by atoms with van der Waals surface area (Å²) in [5, 5.41) is 11.9. The Morgan fingerprint density at radius 3 is 2.70 bits per heavy atom. The number of nitrogens with zero attached hydrogens (tertiary/aromatic N) is 2. The standard InChI is InChI=1S/C18H16F2N2O3S2/c1-2-10-7-8-26-18(10)22(14(23)5-6-15(24)25)9-13-21-12-4-3-11(19)16(20)17(12)27-13/h3-4,7-8H,2,5-6,9H2,1H3,(H,24,25). The first kappa shape index (κ1) is 19.4. The number of thiophene rings is 1. The first-order valence-electron chi connectivity index (χ1n) is 8.22. The Hall–Kier alpha value is -2.39.